The molecule has 1 fully saturated rings. The highest BCUT2D eigenvalue weighted by Gasteiger charge is 2.38. The molecule has 4 heterocycles. The first kappa shape index (κ1) is 17.2. The lowest BCUT2D eigenvalue weighted by molar-refractivity contribution is -0.127. The van der Waals surface area contributed by atoms with Gasteiger partial charge in [-0.2, -0.15) is 0 Å². The van der Waals surface area contributed by atoms with Crippen molar-refractivity contribution in [3.8, 4) is 0 Å². The molecule has 1 aliphatic rings. The number of pyridine rings is 1. The Hall–Kier alpha value is -3.94. The number of nitrogens with one attached hydrogen (secondary N) is 2. The van der Waals surface area contributed by atoms with Crippen molar-refractivity contribution in [2.45, 2.75) is 19.0 Å². The van der Waals surface area contributed by atoms with Gasteiger partial charge >= 0.3 is 6.03 Å². The van der Waals surface area contributed by atoms with Gasteiger partial charge in [0, 0.05) is 35.8 Å². The summed E-state index contributed by atoms with van der Waals surface area (Å²) in [5.41, 5.74) is 2.53. The second-order valence-electron chi connectivity index (χ2n) is 7.00. The van der Waals surface area contributed by atoms with Crippen LogP contribution in [-0.4, -0.2) is 37.2 Å². The Morgan fingerprint density at radius 1 is 1.03 bits per heavy atom. The predicted octanol–water partition coefficient (Wildman–Crippen LogP) is 1.84. The summed E-state index contributed by atoms with van der Waals surface area (Å²) >= 11 is 0. The summed E-state index contributed by atoms with van der Waals surface area (Å²) in [6.45, 7) is -0.0459. The Morgan fingerprint density at radius 3 is 2.76 bits per heavy atom. The molecular weight excluding hydrogens is 370 g/mol. The zero-order chi connectivity index (χ0) is 20.0. The maximum Gasteiger partial charge on any atom is 0.325 e. The van der Waals surface area contributed by atoms with E-state index in [1.54, 1.807) is 24.4 Å². The van der Waals surface area contributed by atoms with E-state index in [1.807, 2.05) is 30.5 Å². The summed E-state index contributed by atoms with van der Waals surface area (Å²) in [6, 6.07) is 13.3. The zero-order valence-corrected chi connectivity index (χ0v) is 15.3. The second kappa shape index (κ2) is 6.59. The molecule has 0 saturated carbocycles. The average molecular weight is 387 g/mol. The van der Waals surface area contributed by atoms with Crippen LogP contribution in [0.2, 0.25) is 0 Å². The number of carbonyl (C=O) groups is 2. The molecule has 3 aromatic heterocycles. The van der Waals surface area contributed by atoms with Crippen molar-refractivity contribution < 1.29 is 9.59 Å². The highest BCUT2D eigenvalue weighted by atomic mass is 16.2. The lowest BCUT2D eigenvalue weighted by Gasteiger charge is -2.13. The number of carbonyl (C=O) groups excluding carboxylic acids is 2. The number of urea groups is 1. The summed E-state index contributed by atoms with van der Waals surface area (Å²) in [5, 5.41) is 3.77. The monoisotopic (exact) mass is 387 g/mol. The number of benzene rings is 1. The Kier molecular flexibility index (Phi) is 3.90. The van der Waals surface area contributed by atoms with Crippen LogP contribution in [-0.2, 0) is 17.8 Å². The van der Waals surface area contributed by atoms with Crippen LogP contribution in [0, 0.1) is 0 Å². The molecule has 8 heteroatoms. The fraction of sp³-hybridized carbons (Fsp3) is 0.143. The van der Waals surface area contributed by atoms with E-state index in [0.717, 1.165) is 21.4 Å². The van der Waals surface area contributed by atoms with E-state index in [-0.39, 0.29) is 18.0 Å². The summed E-state index contributed by atoms with van der Waals surface area (Å²) in [4.78, 5) is 46.2. The van der Waals surface area contributed by atoms with Crippen LogP contribution in [0.4, 0.5) is 4.79 Å². The first-order chi connectivity index (χ1) is 14.1. The van der Waals surface area contributed by atoms with Gasteiger partial charge in [0.15, 0.2) is 0 Å². The molecule has 0 unspecified atom stereocenters. The Bertz CT molecular complexity index is 1320. The molecule has 5 rings (SSSR count). The quantitative estimate of drug-likeness (QED) is 0.522. The summed E-state index contributed by atoms with van der Waals surface area (Å²) in [7, 11) is 0. The standard InChI is InChI=1S/C21H17N5O3/c27-19-10-14(23-18-7-3-4-8-25(18)19)12-26-20(28)17(24-21(26)29)9-13-11-22-16-6-2-1-5-15(13)16/h1-8,10-11,17,22H,9,12H2,(H,24,29)/t17-/m1/s1. The topological polar surface area (TPSA) is 99.6 Å². The molecule has 1 atom stereocenters. The number of hydrogen-bond acceptors (Lipinski definition) is 4. The van der Waals surface area contributed by atoms with Gasteiger partial charge in [-0.3, -0.25) is 18.9 Å². The minimum absolute atomic E-state index is 0.0459. The zero-order valence-electron chi connectivity index (χ0n) is 15.3. The Balaban J connectivity index is 1.39. The molecule has 0 aliphatic carbocycles. The van der Waals surface area contributed by atoms with Crippen molar-refractivity contribution in [2.75, 3.05) is 0 Å². The molecule has 29 heavy (non-hydrogen) atoms. The van der Waals surface area contributed by atoms with Crippen LogP contribution in [0.1, 0.15) is 11.3 Å². The number of para-hydroxylation sites is 1. The van der Waals surface area contributed by atoms with Crippen LogP contribution in [0.25, 0.3) is 16.6 Å². The number of H-pyrrole nitrogens is 1. The molecule has 3 amide bonds. The van der Waals surface area contributed by atoms with Gasteiger partial charge in [-0.25, -0.2) is 9.78 Å². The molecule has 0 bridgehead atoms. The number of fused-ring (bicyclic) bond motifs is 2. The van der Waals surface area contributed by atoms with E-state index in [4.69, 9.17) is 0 Å². The smallest absolute Gasteiger partial charge is 0.325 e. The molecule has 4 aromatic rings. The minimum Gasteiger partial charge on any atom is -0.361 e. The second-order valence-corrected chi connectivity index (χ2v) is 7.00. The van der Waals surface area contributed by atoms with Crippen molar-refractivity contribution in [3.05, 3.63) is 82.5 Å². The minimum atomic E-state index is -0.650. The average Bonchev–Trinajstić information content (AvgIpc) is 3.25. The summed E-state index contributed by atoms with van der Waals surface area (Å²) < 4.78 is 1.41. The van der Waals surface area contributed by atoms with Gasteiger partial charge in [0.25, 0.3) is 11.5 Å². The fourth-order valence-corrected chi connectivity index (χ4v) is 3.73. The van der Waals surface area contributed by atoms with Crippen LogP contribution in [0.3, 0.4) is 0 Å². The van der Waals surface area contributed by atoms with Crippen molar-refractivity contribution in [1.29, 1.82) is 0 Å². The van der Waals surface area contributed by atoms with E-state index in [0.29, 0.717) is 17.8 Å². The van der Waals surface area contributed by atoms with Gasteiger partial charge in [-0.1, -0.05) is 24.3 Å². The molecule has 0 spiro atoms. The number of imide groups is 1. The van der Waals surface area contributed by atoms with Gasteiger partial charge in [0.2, 0.25) is 0 Å². The van der Waals surface area contributed by atoms with Crippen molar-refractivity contribution in [1.82, 2.24) is 24.6 Å². The lowest BCUT2D eigenvalue weighted by atomic mass is 10.1. The van der Waals surface area contributed by atoms with Crippen LogP contribution < -0.4 is 10.9 Å². The molecule has 1 saturated heterocycles. The van der Waals surface area contributed by atoms with Gasteiger partial charge in [-0.15, -0.1) is 0 Å². The van der Waals surface area contributed by atoms with E-state index >= 15 is 0 Å². The van der Waals surface area contributed by atoms with Crippen LogP contribution in [0.5, 0.6) is 0 Å². The van der Waals surface area contributed by atoms with Crippen molar-refractivity contribution in [2.24, 2.45) is 0 Å². The van der Waals surface area contributed by atoms with E-state index in [9.17, 15) is 14.4 Å². The number of hydrogen-bond donors (Lipinski definition) is 2. The van der Waals surface area contributed by atoms with Crippen LogP contribution >= 0.6 is 0 Å². The normalized spacial score (nSPS) is 16.7. The first-order valence-electron chi connectivity index (χ1n) is 9.24. The van der Waals surface area contributed by atoms with Crippen molar-refractivity contribution in [3.63, 3.8) is 0 Å². The van der Waals surface area contributed by atoms with E-state index in [2.05, 4.69) is 15.3 Å². The highest BCUT2D eigenvalue weighted by molar-refractivity contribution is 6.04. The third-order valence-corrected chi connectivity index (χ3v) is 5.15. The van der Waals surface area contributed by atoms with Gasteiger partial charge < -0.3 is 10.3 Å². The Morgan fingerprint density at radius 2 is 1.86 bits per heavy atom. The molecule has 1 aromatic carbocycles. The molecule has 8 nitrogen and oxygen atoms in total. The molecule has 2 N–H and O–H groups in total. The number of aromatic amines is 1. The third kappa shape index (κ3) is 2.94. The van der Waals surface area contributed by atoms with E-state index in [1.165, 1.54) is 10.5 Å². The maximum absolute atomic E-state index is 12.9. The number of nitrogens with zero attached hydrogens (tertiary/aromatic N) is 3. The summed E-state index contributed by atoms with van der Waals surface area (Å²) in [5.74, 6) is -0.324. The van der Waals surface area contributed by atoms with E-state index < -0.39 is 12.1 Å². The molecule has 1 aliphatic heterocycles. The summed E-state index contributed by atoms with van der Waals surface area (Å²) in [6.07, 6.45) is 3.87. The largest absolute Gasteiger partial charge is 0.361 e. The molecule has 144 valence electrons. The van der Waals surface area contributed by atoms with Gasteiger partial charge in [-0.05, 0) is 23.8 Å². The fourth-order valence-electron chi connectivity index (χ4n) is 3.73. The third-order valence-electron chi connectivity index (χ3n) is 5.15. The maximum atomic E-state index is 12.9. The number of rotatable bonds is 4. The molecular formula is C21H17N5O3. The SMILES string of the molecule is O=C1N[C@H](Cc2c[nH]c3ccccc23)C(=O)N1Cc1cc(=O)n2ccccc2n1. The first-order valence-corrected chi connectivity index (χ1v) is 9.24. The molecule has 0 radical (unpaired) electrons. The van der Waals surface area contributed by atoms with Crippen molar-refractivity contribution >= 4 is 28.5 Å². The number of aromatic nitrogens is 3. The number of amides is 3. The van der Waals surface area contributed by atoms with Gasteiger partial charge in [0.1, 0.15) is 11.7 Å². The Labute approximate surface area is 164 Å². The highest BCUT2D eigenvalue weighted by Crippen LogP contribution is 2.21. The predicted molar refractivity (Wildman–Crippen MR) is 106 cm³/mol. The lowest BCUT2D eigenvalue weighted by Crippen LogP contribution is -2.32. The van der Waals surface area contributed by atoms with Crippen LogP contribution in [0.15, 0.2) is 65.7 Å². The van der Waals surface area contributed by atoms with Gasteiger partial charge in [0.05, 0.1) is 12.2 Å².